The highest BCUT2D eigenvalue weighted by atomic mass is 32.2. The summed E-state index contributed by atoms with van der Waals surface area (Å²) >= 11 is 0. The summed E-state index contributed by atoms with van der Waals surface area (Å²) in [6.45, 7) is 1.66. The molecule has 1 heterocycles. The number of rotatable bonds is 4. The van der Waals surface area contributed by atoms with E-state index >= 15 is 0 Å². The van der Waals surface area contributed by atoms with Crippen LogP contribution in [0.25, 0.3) is 11.0 Å². The van der Waals surface area contributed by atoms with Gasteiger partial charge in [0.15, 0.2) is 11.6 Å². The number of para-hydroxylation sites is 1. The van der Waals surface area contributed by atoms with Gasteiger partial charge in [0.25, 0.3) is 0 Å². The Hall–Kier alpha value is -2.25. The van der Waals surface area contributed by atoms with Gasteiger partial charge in [-0.25, -0.2) is 17.2 Å². The SMILES string of the molecule is CC(c1cc2ccccc2o1)N(C)S(=O)(=O)c1ccc(F)c(F)c1. The fourth-order valence-corrected chi connectivity index (χ4v) is 3.74. The number of nitrogens with zero attached hydrogens (tertiary/aromatic N) is 1. The molecule has 0 spiro atoms. The van der Waals surface area contributed by atoms with Crippen LogP contribution in [0, 0.1) is 11.6 Å². The van der Waals surface area contributed by atoms with Crippen LogP contribution in [0.15, 0.2) is 57.8 Å². The third-order valence-corrected chi connectivity index (χ3v) is 5.89. The van der Waals surface area contributed by atoms with Crippen molar-refractivity contribution < 1.29 is 21.6 Å². The van der Waals surface area contributed by atoms with Crippen molar-refractivity contribution in [2.75, 3.05) is 7.05 Å². The van der Waals surface area contributed by atoms with E-state index in [4.69, 9.17) is 4.42 Å². The van der Waals surface area contributed by atoms with Crippen molar-refractivity contribution in [3.05, 3.63) is 65.9 Å². The van der Waals surface area contributed by atoms with E-state index in [1.54, 1.807) is 19.1 Å². The Balaban J connectivity index is 1.96. The summed E-state index contributed by atoms with van der Waals surface area (Å²) in [4.78, 5) is -0.313. The molecule has 24 heavy (non-hydrogen) atoms. The zero-order valence-electron chi connectivity index (χ0n) is 13.0. The Morgan fingerprint density at radius 3 is 2.42 bits per heavy atom. The summed E-state index contributed by atoms with van der Waals surface area (Å²) in [7, 11) is -2.63. The minimum atomic E-state index is -4.00. The van der Waals surface area contributed by atoms with Gasteiger partial charge in [-0.1, -0.05) is 18.2 Å². The van der Waals surface area contributed by atoms with E-state index in [1.807, 2.05) is 18.2 Å². The number of halogens is 2. The van der Waals surface area contributed by atoms with Gasteiger partial charge in [-0.2, -0.15) is 4.31 Å². The van der Waals surface area contributed by atoms with Crippen LogP contribution in [0.1, 0.15) is 18.7 Å². The summed E-state index contributed by atoms with van der Waals surface area (Å²) in [5.74, 6) is -1.84. The highest BCUT2D eigenvalue weighted by Crippen LogP contribution is 2.30. The quantitative estimate of drug-likeness (QED) is 0.711. The molecule has 4 nitrogen and oxygen atoms in total. The van der Waals surface area contributed by atoms with E-state index in [0.717, 1.165) is 21.8 Å². The Labute approximate surface area is 138 Å². The fourth-order valence-electron chi connectivity index (χ4n) is 2.40. The van der Waals surface area contributed by atoms with Gasteiger partial charge in [0.05, 0.1) is 10.9 Å². The molecule has 0 aliphatic heterocycles. The average molecular weight is 351 g/mol. The van der Waals surface area contributed by atoms with Crippen LogP contribution in [0.3, 0.4) is 0 Å². The molecule has 0 saturated heterocycles. The molecule has 0 N–H and O–H groups in total. The maximum absolute atomic E-state index is 13.4. The predicted molar refractivity (Wildman–Crippen MR) is 85.9 cm³/mol. The topological polar surface area (TPSA) is 50.5 Å². The predicted octanol–water partition coefficient (Wildman–Crippen LogP) is 4.09. The molecule has 3 aromatic rings. The first kappa shape index (κ1) is 16.6. The second kappa shape index (κ2) is 5.99. The highest BCUT2D eigenvalue weighted by Gasteiger charge is 2.29. The van der Waals surface area contributed by atoms with Crippen LogP contribution in [0.2, 0.25) is 0 Å². The van der Waals surface area contributed by atoms with Crippen molar-refractivity contribution in [2.24, 2.45) is 0 Å². The first-order chi connectivity index (χ1) is 11.3. The van der Waals surface area contributed by atoms with E-state index in [1.165, 1.54) is 7.05 Å². The van der Waals surface area contributed by atoms with Gasteiger partial charge < -0.3 is 4.42 Å². The van der Waals surface area contributed by atoms with Crippen molar-refractivity contribution in [3.8, 4) is 0 Å². The van der Waals surface area contributed by atoms with Crippen LogP contribution in [-0.2, 0) is 10.0 Å². The van der Waals surface area contributed by atoms with Crippen LogP contribution >= 0.6 is 0 Å². The van der Waals surface area contributed by atoms with E-state index in [-0.39, 0.29) is 4.90 Å². The second-order valence-corrected chi connectivity index (χ2v) is 7.46. The van der Waals surface area contributed by atoms with E-state index in [9.17, 15) is 17.2 Å². The fraction of sp³-hybridized carbons (Fsp3) is 0.176. The molecular formula is C17H15F2NO3S. The molecule has 0 aliphatic rings. The van der Waals surface area contributed by atoms with Gasteiger partial charge in [0.1, 0.15) is 11.3 Å². The number of furan rings is 1. The molecule has 1 atom stereocenters. The maximum atomic E-state index is 13.4. The van der Waals surface area contributed by atoms with Gasteiger partial charge in [0, 0.05) is 12.4 Å². The Bertz CT molecular complexity index is 965. The molecule has 1 aromatic heterocycles. The van der Waals surface area contributed by atoms with E-state index in [2.05, 4.69) is 0 Å². The van der Waals surface area contributed by atoms with Crippen LogP contribution < -0.4 is 0 Å². The average Bonchev–Trinajstić information content (AvgIpc) is 2.99. The van der Waals surface area contributed by atoms with Crippen molar-refractivity contribution >= 4 is 21.0 Å². The molecule has 0 saturated carbocycles. The molecule has 126 valence electrons. The third kappa shape index (κ3) is 2.81. The molecule has 0 fully saturated rings. The van der Waals surface area contributed by atoms with Crippen LogP contribution in [-0.4, -0.2) is 19.8 Å². The van der Waals surface area contributed by atoms with Gasteiger partial charge in [-0.05, 0) is 37.3 Å². The minimum Gasteiger partial charge on any atom is -0.459 e. The van der Waals surface area contributed by atoms with Crippen LogP contribution in [0.5, 0.6) is 0 Å². The van der Waals surface area contributed by atoms with Crippen molar-refractivity contribution in [2.45, 2.75) is 17.9 Å². The Kier molecular flexibility index (Phi) is 4.15. The number of hydrogen-bond acceptors (Lipinski definition) is 3. The molecule has 7 heteroatoms. The molecule has 1 unspecified atom stereocenters. The summed E-state index contributed by atoms with van der Waals surface area (Å²) < 4.78 is 58.4. The van der Waals surface area contributed by atoms with E-state index < -0.39 is 27.7 Å². The lowest BCUT2D eigenvalue weighted by molar-refractivity contribution is 0.348. The smallest absolute Gasteiger partial charge is 0.243 e. The number of hydrogen-bond donors (Lipinski definition) is 0. The maximum Gasteiger partial charge on any atom is 0.243 e. The first-order valence-corrected chi connectivity index (χ1v) is 8.66. The Morgan fingerprint density at radius 1 is 1.04 bits per heavy atom. The normalized spacial score (nSPS) is 13.5. The third-order valence-electron chi connectivity index (χ3n) is 3.97. The lowest BCUT2D eigenvalue weighted by Gasteiger charge is -2.22. The summed E-state index contributed by atoms with van der Waals surface area (Å²) in [5.41, 5.74) is 0.651. The highest BCUT2D eigenvalue weighted by molar-refractivity contribution is 7.89. The number of sulfonamides is 1. The Morgan fingerprint density at radius 2 is 1.75 bits per heavy atom. The molecule has 0 bridgehead atoms. The number of fused-ring (bicyclic) bond motifs is 1. The summed E-state index contributed by atoms with van der Waals surface area (Å²) in [6, 6.07) is 11.0. The minimum absolute atomic E-state index is 0.313. The van der Waals surface area contributed by atoms with Gasteiger partial charge in [0.2, 0.25) is 10.0 Å². The molecule has 2 aromatic carbocycles. The van der Waals surface area contributed by atoms with E-state index in [0.29, 0.717) is 17.4 Å². The van der Waals surface area contributed by atoms with Crippen molar-refractivity contribution in [1.29, 1.82) is 0 Å². The lowest BCUT2D eigenvalue weighted by Crippen LogP contribution is -2.29. The number of benzene rings is 2. The molecule has 3 rings (SSSR count). The molecule has 0 aliphatic carbocycles. The van der Waals surface area contributed by atoms with Gasteiger partial charge in [-0.15, -0.1) is 0 Å². The first-order valence-electron chi connectivity index (χ1n) is 7.22. The largest absolute Gasteiger partial charge is 0.459 e. The summed E-state index contributed by atoms with van der Waals surface area (Å²) in [6.07, 6.45) is 0. The second-order valence-electron chi connectivity index (χ2n) is 5.46. The van der Waals surface area contributed by atoms with Gasteiger partial charge in [-0.3, -0.25) is 0 Å². The lowest BCUT2D eigenvalue weighted by atomic mass is 10.2. The van der Waals surface area contributed by atoms with Gasteiger partial charge >= 0.3 is 0 Å². The van der Waals surface area contributed by atoms with Crippen molar-refractivity contribution in [1.82, 2.24) is 4.31 Å². The zero-order chi connectivity index (χ0) is 17.5. The molecular weight excluding hydrogens is 336 g/mol. The standard InChI is InChI=1S/C17H15F2NO3S/c1-11(17-9-12-5-3-4-6-16(12)23-17)20(2)24(21,22)13-7-8-14(18)15(19)10-13/h3-11H,1-2H3. The summed E-state index contributed by atoms with van der Waals surface area (Å²) in [5, 5.41) is 0.859. The molecule has 0 radical (unpaired) electrons. The van der Waals surface area contributed by atoms with Crippen LogP contribution in [0.4, 0.5) is 8.78 Å². The zero-order valence-corrected chi connectivity index (χ0v) is 13.8. The van der Waals surface area contributed by atoms with Crippen molar-refractivity contribution in [3.63, 3.8) is 0 Å². The molecule has 0 amide bonds. The monoisotopic (exact) mass is 351 g/mol.